The fourth-order valence-corrected chi connectivity index (χ4v) is 2.45. The van der Waals surface area contributed by atoms with Crippen LogP contribution in [0.5, 0.6) is 0 Å². The van der Waals surface area contributed by atoms with Crippen LogP contribution >= 0.6 is 0 Å². The average molecular weight is 388 g/mol. The molecule has 0 aliphatic rings. The summed E-state index contributed by atoms with van der Waals surface area (Å²) in [5.74, 6) is -1.42. The number of aryl methyl sites for hydroxylation is 1. The third-order valence-electron chi connectivity index (χ3n) is 3.73. The number of carbonyl (C=O) groups excluding carboxylic acids is 1. The predicted molar refractivity (Wildman–Crippen MR) is 93.9 cm³/mol. The Morgan fingerprint density at radius 3 is 2.96 bits per heavy atom. The van der Waals surface area contributed by atoms with Gasteiger partial charge in [0.2, 0.25) is 0 Å². The molecule has 2 N–H and O–H groups in total. The average Bonchev–Trinajstić information content (AvgIpc) is 3.40. The number of amides is 1. The van der Waals surface area contributed by atoms with Crippen LogP contribution in [-0.4, -0.2) is 58.1 Å². The molecule has 0 aliphatic heterocycles. The summed E-state index contributed by atoms with van der Waals surface area (Å²) in [4.78, 5) is 23.0. The molecule has 28 heavy (non-hydrogen) atoms. The van der Waals surface area contributed by atoms with Gasteiger partial charge in [0.05, 0.1) is 18.9 Å². The Kier molecular flexibility index (Phi) is 5.89. The van der Waals surface area contributed by atoms with E-state index in [0.29, 0.717) is 31.5 Å². The van der Waals surface area contributed by atoms with Gasteiger partial charge in [-0.2, -0.15) is 10.2 Å². The Morgan fingerprint density at radius 2 is 2.18 bits per heavy atom. The quantitative estimate of drug-likeness (QED) is 0.514. The Bertz CT molecular complexity index is 990. The van der Waals surface area contributed by atoms with Gasteiger partial charge in [0.1, 0.15) is 17.7 Å². The first-order valence-electron chi connectivity index (χ1n) is 8.31. The van der Waals surface area contributed by atoms with Crippen molar-refractivity contribution in [3.8, 4) is 0 Å². The van der Waals surface area contributed by atoms with E-state index in [2.05, 4.69) is 25.8 Å². The molecule has 12 heteroatoms. The van der Waals surface area contributed by atoms with Crippen LogP contribution in [0, 0.1) is 0 Å². The minimum Gasteiger partial charge on any atom is -0.477 e. The zero-order valence-electron chi connectivity index (χ0n) is 14.6. The lowest BCUT2D eigenvalue weighted by Gasteiger charge is -2.03. The molecule has 0 fully saturated rings. The van der Waals surface area contributed by atoms with Gasteiger partial charge >= 0.3 is 5.97 Å². The number of aromatic carboxylic acids is 1. The highest BCUT2D eigenvalue weighted by atomic mass is 19.1. The summed E-state index contributed by atoms with van der Waals surface area (Å²) in [5.41, 5.74) is 0.831. The van der Waals surface area contributed by atoms with Gasteiger partial charge in [-0.05, 0) is 18.6 Å². The Morgan fingerprint density at radius 1 is 1.32 bits per heavy atom. The van der Waals surface area contributed by atoms with Gasteiger partial charge in [-0.15, -0.1) is 5.10 Å². The molecule has 0 spiro atoms. The smallest absolute Gasteiger partial charge is 0.354 e. The molecule has 0 aliphatic carbocycles. The van der Waals surface area contributed by atoms with Gasteiger partial charge in [0.25, 0.3) is 5.91 Å². The van der Waals surface area contributed by atoms with Crippen molar-refractivity contribution in [3.63, 3.8) is 0 Å². The van der Waals surface area contributed by atoms with Crippen molar-refractivity contribution in [2.24, 2.45) is 0 Å². The van der Waals surface area contributed by atoms with Gasteiger partial charge in [0.15, 0.2) is 5.69 Å². The van der Waals surface area contributed by atoms with Gasteiger partial charge in [-0.25, -0.2) is 13.9 Å². The van der Waals surface area contributed by atoms with E-state index in [1.807, 2.05) is 0 Å². The van der Waals surface area contributed by atoms with Crippen LogP contribution in [0.25, 0.3) is 6.20 Å². The number of aromatic nitrogens is 7. The van der Waals surface area contributed by atoms with Crippen molar-refractivity contribution < 1.29 is 19.1 Å². The van der Waals surface area contributed by atoms with Crippen molar-refractivity contribution >= 4 is 18.1 Å². The summed E-state index contributed by atoms with van der Waals surface area (Å²) in [7, 11) is 0. The molecule has 0 aromatic carbocycles. The molecule has 0 saturated heterocycles. The molecule has 3 aromatic rings. The van der Waals surface area contributed by atoms with Gasteiger partial charge in [-0.3, -0.25) is 14.2 Å². The molecule has 3 rings (SSSR count). The Hall–Kier alpha value is -3.83. The maximum Gasteiger partial charge on any atom is 0.354 e. The summed E-state index contributed by atoms with van der Waals surface area (Å²) in [6.07, 6.45) is 6.59. The molecule has 0 bridgehead atoms. The van der Waals surface area contributed by atoms with Crippen LogP contribution in [0.1, 0.15) is 33.1 Å². The zero-order chi connectivity index (χ0) is 19.9. The minimum atomic E-state index is -1.06. The van der Waals surface area contributed by atoms with Crippen molar-refractivity contribution in [3.05, 3.63) is 54.1 Å². The van der Waals surface area contributed by atoms with Crippen molar-refractivity contribution in [2.45, 2.75) is 19.5 Å². The van der Waals surface area contributed by atoms with Gasteiger partial charge < -0.3 is 10.4 Å². The fourth-order valence-electron chi connectivity index (χ4n) is 2.45. The standard InChI is InChI=1S/C16H17FN8O3/c17-4-9-23-8-3-13(21-23)15(26)18-5-1-7-24-10-12(20-22-24)11-25-14(16(27)28)2-6-19-25/h2-4,6,8-10H,1,5,7,11H2,(H,18,26)(H,27,28)/b9-4+. The van der Waals surface area contributed by atoms with Crippen LogP contribution in [-0.2, 0) is 13.1 Å². The van der Waals surface area contributed by atoms with E-state index in [-0.39, 0.29) is 23.8 Å². The number of rotatable bonds is 9. The fraction of sp³-hybridized carbons (Fsp3) is 0.250. The molecule has 0 unspecified atom stereocenters. The van der Waals surface area contributed by atoms with Crippen LogP contribution in [0.3, 0.4) is 0 Å². The molecule has 0 saturated carbocycles. The molecule has 3 aromatic heterocycles. The number of hydrogen-bond acceptors (Lipinski definition) is 6. The Balaban J connectivity index is 1.45. The monoisotopic (exact) mass is 388 g/mol. The first-order chi connectivity index (χ1) is 13.6. The van der Waals surface area contributed by atoms with E-state index in [4.69, 9.17) is 5.11 Å². The maximum absolute atomic E-state index is 12.1. The minimum absolute atomic E-state index is 0.0710. The highest BCUT2D eigenvalue weighted by Gasteiger charge is 2.12. The molecule has 0 radical (unpaired) electrons. The Labute approximate surface area is 158 Å². The lowest BCUT2D eigenvalue weighted by Crippen LogP contribution is -2.25. The summed E-state index contributed by atoms with van der Waals surface area (Å²) >= 11 is 0. The zero-order valence-corrected chi connectivity index (χ0v) is 14.6. The normalized spacial score (nSPS) is 11.2. The second-order valence-electron chi connectivity index (χ2n) is 5.72. The predicted octanol–water partition coefficient (Wildman–Crippen LogP) is 0.635. The summed E-state index contributed by atoms with van der Waals surface area (Å²) in [5, 5.41) is 27.6. The van der Waals surface area contributed by atoms with E-state index in [1.54, 1.807) is 10.9 Å². The van der Waals surface area contributed by atoms with Crippen molar-refractivity contribution in [1.82, 2.24) is 39.9 Å². The van der Waals surface area contributed by atoms with Crippen LogP contribution in [0.15, 0.2) is 37.1 Å². The third-order valence-corrected chi connectivity index (χ3v) is 3.73. The van der Waals surface area contributed by atoms with E-state index < -0.39 is 5.97 Å². The number of hydrogen-bond donors (Lipinski definition) is 2. The van der Waals surface area contributed by atoms with Crippen LogP contribution < -0.4 is 5.32 Å². The first-order valence-corrected chi connectivity index (χ1v) is 8.31. The topological polar surface area (TPSA) is 133 Å². The highest BCUT2D eigenvalue weighted by Crippen LogP contribution is 2.04. The van der Waals surface area contributed by atoms with E-state index >= 15 is 0 Å². The van der Waals surface area contributed by atoms with E-state index in [1.165, 1.54) is 33.9 Å². The van der Waals surface area contributed by atoms with Crippen LogP contribution in [0.4, 0.5) is 4.39 Å². The highest BCUT2D eigenvalue weighted by molar-refractivity contribution is 5.92. The third kappa shape index (κ3) is 4.66. The molecule has 1 amide bonds. The number of halogens is 1. The lowest BCUT2D eigenvalue weighted by atomic mass is 10.3. The summed E-state index contributed by atoms with van der Waals surface area (Å²) in [6.45, 7) is 1.10. The lowest BCUT2D eigenvalue weighted by molar-refractivity contribution is 0.0683. The van der Waals surface area contributed by atoms with Gasteiger partial charge in [-0.1, -0.05) is 5.21 Å². The number of carboxylic acid groups (broad SMARTS) is 1. The maximum atomic E-state index is 12.1. The number of nitrogens with one attached hydrogen (secondary N) is 1. The van der Waals surface area contributed by atoms with Crippen molar-refractivity contribution in [1.29, 1.82) is 0 Å². The summed E-state index contributed by atoms with van der Waals surface area (Å²) < 4.78 is 16.2. The molecular formula is C16H17FN8O3. The molecule has 11 nitrogen and oxygen atoms in total. The first kappa shape index (κ1) is 18.9. The number of carbonyl (C=O) groups is 2. The molecular weight excluding hydrogens is 371 g/mol. The van der Waals surface area contributed by atoms with Gasteiger partial charge in [0, 0.05) is 25.5 Å². The second kappa shape index (κ2) is 8.70. The molecule has 0 atom stereocenters. The molecule has 146 valence electrons. The largest absolute Gasteiger partial charge is 0.477 e. The SMILES string of the molecule is O=C(NCCCn1cc(Cn2nccc2C(=O)O)nn1)c1ccn(/C=C/F)n1. The van der Waals surface area contributed by atoms with Crippen molar-refractivity contribution in [2.75, 3.05) is 6.54 Å². The summed E-state index contributed by atoms with van der Waals surface area (Å²) in [6, 6.07) is 2.89. The second-order valence-corrected chi connectivity index (χ2v) is 5.72. The van der Waals surface area contributed by atoms with E-state index in [9.17, 15) is 14.0 Å². The number of carboxylic acids is 1. The van der Waals surface area contributed by atoms with Crippen LogP contribution in [0.2, 0.25) is 0 Å². The molecule has 3 heterocycles. The number of nitrogens with zero attached hydrogens (tertiary/aromatic N) is 7. The van der Waals surface area contributed by atoms with E-state index in [0.717, 1.165) is 6.20 Å².